The van der Waals surface area contributed by atoms with Gasteiger partial charge in [0.25, 0.3) is 5.91 Å². The molecule has 0 atom stereocenters. The molecule has 0 aliphatic rings. The number of sulfone groups is 1. The smallest absolute Gasteiger partial charge is 0.434 e. The molecule has 13 heteroatoms. The van der Waals surface area contributed by atoms with Crippen molar-refractivity contribution in [3.8, 4) is 11.7 Å². The number of nitrogens with zero attached hydrogens (tertiary/aromatic N) is 4. The molecule has 0 bridgehead atoms. The molecule has 0 unspecified atom stereocenters. The molecule has 0 aliphatic carbocycles. The van der Waals surface area contributed by atoms with E-state index in [1.165, 1.54) is 50.4 Å². The van der Waals surface area contributed by atoms with E-state index in [4.69, 9.17) is 4.74 Å². The molecule has 1 N–H and O–H groups in total. The fourth-order valence-electron chi connectivity index (χ4n) is 2.61. The summed E-state index contributed by atoms with van der Waals surface area (Å²) in [5.74, 6) is -1.36. The van der Waals surface area contributed by atoms with Gasteiger partial charge in [-0.3, -0.25) is 4.79 Å². The predicted molar refractivity (Wildman–Crippen MR) is 103 cm³/mol. The molecular formula is C18H16F3N5O4S. The zero-order chi connectivity index (χ0) is 22.8. The second kappa shape index (κ2) is 8.34. The third kappa shape index (κ3) is 4.66. The van der Waals surface area contributed by atoms with Crippen molar-refractivity contribution in [3.63, 3.8) is 0 Å². The van der Waals surface area contributed by atoms with Crippen LogP contribution in [0.1, 0.15) is 23.0 Å². The van der Waals surface area contributed by atoms with E-state index >= 15 is 0 Å². The number of alkyl halides is 3. The molecule has 9 nitrogen and oxygen atoms in total. The Morgan fingerprint density at radius 2 is 1.81 bits per heavy atom. The van der Waals surface area contributed by atoms with E-state index in [9.17, 15) is 26.4 Å². The van der Waals surface area contributed by atoms with Crippen LogP contribution in [0.4, 0.5) is 18.9 Å². The number of halogens is 3. The average molecular weight is 455 g/mol. The summed E-state index contributed by atoms with van der Waals surface area (Å²) in [4.78, 5) is 12.6. The number of carbonyl (C=O) groups excluding carboxylic acids is 1. The van der Waals surface area contributed by atoms with Gasteiger partial charge in [0, 0.05) is 11.8 Å². The summed E-state index contributed by atoms with van der Waals surface area (Å²) >= 11 is 0. The Morgan fingerprint density at radius 1 is 1.13 bits per heavy atom. The van der Waals surface area contributed by atoms with Crippen LogP contribution in [0.2, 0.25) is 0 Å². The number of nitrogens with one attached hydrogen (secondary N) is 1. The Morgan fingerprint density at radius 3 is 2.32 bits per heavy atom. The largest absolute Gasteiger partial charge is 0.480 e. The number of ether oxygens (including phenoxy) is 1. The van der Waals surface area contributed by atoms with Gasteiger partial charge in [0.15, 0.2) is 21.3 Å². The topological polar surface area (TPSA) is 116 Å². The molecule has 0 saturated heterocycles. The maximum Gasteiger partial charge on any atom is 0.434 e. The SMILES string of the molecule is CCS(=O)(=O)c1ccc(NC(=O)c2cnn(-c3ccc(OC)nn3)c2C(F)(F)F)cc1. The number of benzene rings is 1. The molecule has 3 aromatic rings. The zero-order valence-electron chi connectivity index (χ0n) is 16.2. The molecule has 1 amide bonds. The number of carbonyl (C=O) groups is 1. The van der Waals surface area contributed by atoms with E-state index < -0.39 is 33.2 Å². The number of methoxy groups -OCH3 is 1. The number of hydrogen-bond acceptors (Lipinski definition) is 7. The molecule has 164 valence electrons. The maximum absolute atomic E-state index is 13.7. The van der Waals surface area contributed by atoms with E-state index in [0.29, 0.717) is 4.68 Å². The molecule has 31 heavy (non-hydrogen) atoms. The zero-order valence-corrected chi connectivity index (χ0v) is 17.0. The monoisotopic (exact) mass is 455 g/mol. The van der Waals surface area contributed by atoms with Gasteiger partial charge in [-0.2, -0.15) is 18.3 Å². The number of rotatable bonds is 6. The molecule has 0 radical (unpaired) electrons. The molecule has 2 heterocycles. The Kier molecular flexibility index (Phi) is 5.97. The maximum atomic E-state index is 13.7. The van der Waals surface area contributed by atoms with Gasteiger partial charge in [-0.1, -0.05) is 6.92 Å². The Bertz CT molecular complexity index is 1190. The van der Waals surface area contributed by atoms with Crippen molar-refractivity contribution in [2.75, 3.05) is 18.2 Å². The average Bonchev–Trinajstić information content (AvgIpc) is 3.20. The molecule has 0 aliphatic heterocycles. The van der Waals surface area contributed by atoms with E-state index in [1.807, 2.05) is 0 Å². The normalized spacial score (nSPS) is 11.9. The minimum atomic E-state index is -4.93. The summed E-state index contributed by atoms with van der Waals surface area (Å²) in [7, 11) is -2.13. The van der Waals surface area contributed by atoms with Gasteiger partial charge in [0.2, 0.25) is 5.88 Å². The molecule has 3 rings (SSSR count). The summed E-state index contributed by atoms with van der Waals surface area (Å²) in [6.07, 6.45) is -4.16. The van der Waals surface area contributed by atoms with Crippen molar-refractivity contribution in [1.29, 1.82) is 0 Å². The first-order valence-electron chi connectivity index (χ1n) is 8.74. The highest BCUT2D eigenvalue weighted by Crippen LogP contribution is 2.33. The van der Waals surface area contributed by atoms with Crippen molar-refractivity contribution < 1.29 is 31.1 Å². The van der Waals surface area contributed by atoms with Crippen LogP contribution in [0.3, 0.4) is 0 Å². The van der Waals surface area contributed by atoms with Gasteiger partial charge < -0.3 is 10.1 Å². The first-order chi connectivity index (χ1) is 14.6. The summed E-state index contributed by atoms with van der Waals surface area (Å²) in [5, 5.41) is 13.2. The van der Waals surface area contributed by atoms with Crippen molar-refractivity contribution in [1.82, 2.24) is 20.0 Å². The lowest BCUT2D eigenvalue weighted by Crippen LogP contribution is -2.21. The van der Waals surface area contributed by atoms with Gasteiger partial charge in [-0.15, -0.1) is 10.2 Å². The van der Waals surface area contributed by atoms with Crippen molar-refractivity contribution in [2.24, 2.45) is 0 Å². The molecule has 0 fully saturated rings. The summed E-state index contributed by atoms with van der Waals surface area (Å²) < 4.78 is 70.1. The minimum Gasteiger partial charge on any atom is -0.480 e. The van der Waals surface area contributed by atoms with Gasteiger partial charge in [0.1, 0.15) is 0 Å². The van der Waals surface area contributed by atoms with Gasteiger partial charge in [-0.25, -0.2) is 13.1 Å². The van der Waals surface area contributed by atoms with Crippen LogP contribution in [-0.2, 0) is 16.0 Å². The first kappa shape index (κ1) is 22.2. The van der Waals surface area contributed by atoms with Crippen LogP contribution >= 0.6 is 0 Å². The fourth-order valence-corrected chi connectivity index (χ4v) is 3.49. The quantitative estimate of drug-likeness (QED) is 0.608. The lowest BCUT2D eigenvalue weighted by Gasteiger charge is -2.12. The lowest BCUT2D eigenvalue weighted by molar-refractivity contribution is -0.143. The number of anilines is 1. The number of hydrogen-bond donors (Lipinski definition) is 1. The molecule has 2 aromatic heterocycles. The minimum absolute atomic E-state index is 0.0369. The predicted octanol–water partition coefficient (Wildman–Crippen LogP) is 2.74. The van der Waals surface area contributed by atoms with E-state index in [0.717, 1.165) is 6.20 Å². The van der Waals surface area contributed by atoms with Gasteiger partial charge in [0.05, 0.1) is 29.5 Å². The number of amides is 1. The second-order valence-corrected chi connectivity index (χ2v) is 8.41. The van der Waals surface area contributed by atoms with Crippen LogP contribution in [0, 0.1) is 0 Å². The van der Waals surface area contributed by atoms with E-state index in [1.54, 1.807) is 0 Å². The van der Waals surface area contributed by atoms with Gasteiger partial charge in [-0.05, 0) is 30.3 Å². The van der Waals surface area contributed by atoms with Gasteiger partial charge >= 0.3 is 6.18 Å². The van der Waals surface area contributed by atoms with E-state index in [-0.39, 0.29) is 28.0 Å². The Hall–Kier alpha value is -3.48. The molecular weight excluding hydrogens is 439 g/mol. The summed E-state index contributed by atoms with van der Waals surface area (Å²) in [6.45, 7) is 1.48. The standard InChI is InChI=1S/C18H16F3N5O4S/c1-3-31(28,29)12-6-4-11(5-7-12)23-17(27)13-10-22-26(16(13)18(19,20)21)14-8-9-15(30-2)25-24-14/h4-10H,3H2,1-2H3,(H,23,27). The number of aromatic nitrogens is 4. The molecule has 0 saturated carbocycles. The third-order valence-electron chi connectivity index (χ3n) is 4.19. The highest BCUT2D eigenvalue weighted by molar-refractivity contribution is 7.91. The van der Waals surface area contributed by atoms with Crippen molar-refractivity contribution in [3.05, 3.63) is 53.9 Å². The van der Waals surface area contributed by atoms with Crippen LogP contribution in [0.25, 0.3) is 5.82 Å². The van der Waals surface area contributed by atoms with Crippen molar-refractivity contribution >= 4 is 21.4 Å². The third-order valence-corrected chi connectivity index (χ3v) is 5.94. The highest BCUT2D eigenvalue weighted by atomic mass is 32.2. The highest BCUT2D eigenvalue weighted by Gasteiger charge is 2.41. The van der Waals surface area contributed by atoms with Crippen LogP contribution < -0.4 is 10.1 Å². The van der Waals surface area contributed by atoms with E-state index in [2.05, 4.69) is 20.6 Å². The molecule has 1 aromatic carbocycles. The Labute approximate surface area is 174 Å². The second-order valence-electron chi connectivity index (χ2n) is 6.13. The summed E-state index contributed by atoms with van der Waals surface area (Å²) in [5.41, 5.74) is -1.96. The van der Waals surface area contributed by atoms with Crippen LogP contribution in [0.5, 0.6) is 5.88 Å². The fraction of sp³-hybridized carbons (Fsp3) is 0.222. The summed E-state index contributed by atoms with van der Waals surface area (Å²) in [6, 6.07) is 7.60. The van der Waals surface area contributed by atoms with Crippen LogP contribution in [-0.4, -0.2) is 47.2 Å². The Balaban J connectivity index is 1.93. The van der Waals surface area contributed by atoms with Crippen LogP contribution in [0.15, 0.2) is 47.5 Å². The molecule has 0 spiro atoms. The van der Waals surface area contributed by atoms with Crippen molar-refractivity contribution in [2.45, 2.75) is 18.0 Å². The first-order valence-corrected chi connectivity index (χ1v) is 10.4. The lowest BCUT2D eigenvalue weighted by atomic mass is 10.2.